The van der Waals surface area contributed by atoms with Crippen molar-refractivity contribution < 1.29 is 9.59 Å². The molecular weight excluding hydrogens is 522 g/mol. The average Bonchev–Trinajstić information content (AvgIpc) is 3.40. The van der Waals surface area contributed by atoms with Crippen molar-refractivity contribution in [2.45, 2.75) is 90.9 Å². The molecule has 1 aliphatic carbocycles. The summed E-state index contributed by atoms with van der Waals surface area (Å²) in [6.07, 6.45) is 10.2. The highest BCUT2D eigenvalue weighted by molar-refractivity contribution is 5.99. The van der Waals surface area contributed by atoms with Gasteiger partial charge in [0.25, 0.3) is 0 Å². The molecule has 3 amide bonds. The molecule has 5 rings (SSSR count). The molecule has 1 saturated heterocycles. The number of carbonyl (C=O) groups is 2. The molecule has 0 bridgehead atoms. The molecule has 0 spiro atoms. The fourth-order valence-electron chi connectivity index (χ4n) is 6.21. The van der Waals surface area contributed by atoms with E-state index < -0.39 is 0 Å². The predicted molar refractivity (Wildman–Crippen MR) is 170 cm³/mol. The number of rotatable bonds is 7. The molecule has 3 aromatic rings. The number of carbonyl (C=O) groups excluding carboxylic acids is 2. The third-order valence-corrected chi connectivity index (χ3v) is 8.89. The van der Waals surface area contributed by atoms with Crippen LogP contribution in [-0.4, -0.2) is 39.7 Å². The summed E-state index contributed by atoms with van der Waals surface area (Å²) in [5.74, 6) is 2.19. The zero-order chi connectivity index (χ0) is 29.7. The summed E-state index contributed by atoms with van der Waals surface area (Å²) in [4.78, 5) is 27.9. The number of aryl methyl sites for hydroxylation is 1. The van der Waals surface area contributed by atoms with Gasteiger partial charge in [-0.3, -0.25) is 10.1 Å². The Labute approximate surface area is 251 Å². The molecule has 2 aromatic carbocycles. The van der Waals surface area contributed by atoms with Gasteiger partial charge in [0.2, 0.25) is 5.91 Å². The largest absolute Gasteiger partial charge is 0.343 e. The van der Waals surface area contributed by atoms with Crippen LogP contribution in [0.2, 0.25) is 0 Å². The minimum atomic E-state index is -0.304. The smallest absolute Gasteiger partial charge is 0.324 e. The summed E-state index contributed by atoms with van der Waals surface area (Å²) in [5, 5.41) is 10.8. The van der Waals surface area contributed by atoms with Gasteiger partial charge in [-0.2, -0.15) is 5.10 Å². The standard InChI is InChI=1S/C35H47N5O2/c1-25-10-16-30(17-11-25)40-32(24-31(38-40)35(2,3)4)37-34(42)36-29-14-12-27(13-15-29)22-28-18-20-39(21-19-28)33(41)23-26-8-6-5-7-9-26/h10-17,24,26,28H,5-9,18-23H2,1-4H3,(H2,36,37,42). The second-order valence-electron chi connectivity index (χ2n) is 13.4. The zero-order valence-electron chi connectivity index (χ0n) is 25.8. The van der Waals surface area contributed by atoms with Gasteiger partial charge in [0.05, 0.1) is 11.4 Å². The molecule has 2 heterocycles. The summed E-state index contributed by atoms with van der Waals surface area (Å²) in [7, 11) is 0. The third kappa shape index (κ3) is 7.81. The van der Waals surface area contributed by atoms with E-state index in [1.165, 1.54) is 43.2 Å². The summed E-state index contributed by atoms with van der Waals surface area (Å²) < 4.78 is 1.79. The number of hydrogen-bond acceptors (Lipinski definition) is 3. The van der Waals surface area contributed by atoms with Crippen LogP contribution in [0.25, 0.3) is 5.69 Å². The zero-order valence-corrected chi connectivity index (χ0v) is 25.8. The number of hydrogen-bond donors (Lipinski definition) is 2. The molecular formula is C35H47N5O2. The molecule has 42 heavy (non-hydrogen) atoms. The molecule has 2 aliphatic rings. The predicted octanol–water partition coefficient (Wildman–Crippen LogP) is 7.87. The fraction of sp³-hybridized carbons (Fsp3) is 0.514. The molecule has 0 atom stereocenters. The third-order valence-electron chi connectivity index (χ3n) is 8.89. The van der Waals surface area contributed by atoms with Crippen molar-refractivity contribution in [3.63, 3.8) is 0 Å². The summed E-state index contributed by atoms with van der Waals surface area (Å²) in [6, 6.07) is 17.9. The molecule has 0 radical (unpaired) electrons. The van der Waals surface area contributed by atoms with Gasteiger partial charge in [-0.15, -0.1) is 0 Å². The number of nitrogens with one attached hydrogen (secondary N) is 2. The Hall–Kier alpha value is -3.61. The lowest BCUT2D eigenvalue weighted by Gasteiger charge is -2.33. The number of anilines is 2. The lowest BCUT2D eigenvalue weighted by atomic mass is 9.86. The minimum Gasteiger partial charge on any atom is -0.343 e. The summed E-state index contributed by atoms with van der Waals surface area (Å²) in [6.45, 7) is 10.2. The maximum Gasteiger partial charge on any atom is 0.324 e. The van der Waals surface area contributed by atoms with E-state index in [4.69, 9.17) is 5.10 Å². The van der Waals surface area contributed by atoms with Gasteiger partial charge in [-0.05, 0) is 80.7 Å². The fourth-order valence-corrected chi connectivity index (χ4v) is 6.21. The van der Waals surface area contributed by atoms with Crippen LogP contribution in [0.15, 0.2) is 54.6 Å². The van der Waals surface area contributed by atoms with Crippen molar-refractivity contribution in [2.24, 2.45) is 11.8 Å². The van der Waals surface area contributed by atoms with Crippen molar-refractivity contribution in [1.29, 1.82) is 0 Å². The first-order chi connectivity index (χ1) is 20.1. The molecule has 1 aliphatic heterocycles. The van der Waals surface area contributed by atoms with Crippen LogP contribution in [0, 0.1) is 18.8 Å². The maximum absolute atomic E-state index is 13.0. The van der Waals surface area contributed by atoms with E-state index in [0.29, 0.717) is 23.6 Å². The number of benzene rings is 2. The number of nitrogens with zero attached hydrogens (tertiary/aromatic N) is 3. The first-order valence-corrected chi connectivity index (χ1v) is 15.8. The van der Waals surface area contributed by atoms with Crippen LogP contribution >= 0.6 is 0 Å². The van der Waals surface area contributed by atoms with Gasteiger partial charge in [-0.1, -0.05) is 69.9 Å². The van der Waals surface area contributed by atoms with E-state index in [-0.39, 0.29) is 11.4 Å². The Morgan fingerprint density at radius 3 is 2.17 bits per heavy atom. The molecule has 224 valence electrons. The van der Waals surface area contributed by atoms with Crippen LogP contribution < -0.4 is 10.6 Å². The van der Waals surface area contributed by atoms with E-state index >= 15 is 0 Å². The van der Waals surface area contributed by atoms with E-state index in [1.807, 2.05) is 42.5 Å². The van der Waals surface area contributed by atoms with Crippen LogP contribution in [0.4, 0.5) is 16.3 Å². The van der Waals surface area contributed by atoms with Crippen LogP contribution in [0.5, 0.6) is 0 Å². The van der Waals surface area contributed by atoms with Crippen LogP contribution in [-0.2, 0) is 16.6 Å². The highest BCUT2D eigenvalue weighted by Gasteiger charge is 2.26. The number of urea groups is 1. The molecule has 2 fully saturated rings. The topological polar surface area (TPSA) is 79.3 Å². The van der Waals surface area contributed by atoms with Crippen molar-refractivity contribution in [2.75, 3.05) is 23.7 Å². The van der Waals surface area contributed by atoms with Gasteiger partial charge in [0, 0.05) is 36.7 Å². The molecule has 1 aromatic heterocycles. The Kier molecular flexibility index (Phi) is 9.34. The highest BCUT2D eigenvalue weighted by Crippen LogP contribution is 2.29. The Morgan fingerprint density at radius 1 is 0.857 bits per heavy atom. The number of likely N-dealkylation sites (tertiary alicyclic amines) is 1. The van der Waals surface area contributed by atoms with Crippen molar-refractivity contribution in [1.82, 2.24) is 14.7 Å². The maximum atomic E-state index is 13.0. The normalized spacial score (nSPS) is 16.8. The van der Waals surface area contributed by atoms with Crippen molar-refractivity contribution in [3.05, 3.63) is 71.4 Å². The number of amides is 3. The summed E-state index contributed by atoms with van der Waals surface area (Å²) in [5.41, 5.74) is 4.83. The number of piperidine rings is 1. The SMILES string of the molecule is Cc1ccc(-n2nc(C(C)(C)C)cc2NC(=O)Nc2ccc(CC3CCN(C(=O)CC4CCCCC4)CC3)cc2)cc1. The molecule has 7 nitrogen and oxygen atoms in total. The quantitative estimate of drug-likeness (QED) is 0.304. The molecule has 1 saturated carbocycles. The first-order valence-electron chi connectivity index (χ1n) is 15.8. The van der Waals surface area contributed by atoms with E-state index in [2.05, 4.69) is 55.4 Å². The molecule has 0 unspecified atom stereocenters. The van der Waals surface area contributed by atoms with Gasteiger partial charge < -0.3 is 10.2 Å². The van der Waals surface area contributed by atoms with Gasteiger partial charge in [0.15, 0.2) is 0 Å². The molecule has 2 N–H and O–H groups in total. The van der Waals surface area contributed by atoms with Gasteiger partial charge in [0.1, 0.15) is 5.82 Å². The van der Waals surface area contributed by atoms with E-state index in [9.17, 15) is 9.59 Å². The second-order valence-corrected chi connectivity index (χ2v) is 13.4. The van der Waals surface area contributed by atoms with Crippen LogP contribution in [0.1, 0.15) is 89.0 Å². The van der Waals surface area contributed by atoms with Gasteiger partial charge in [-0.25, -0.2) is 9.48 Å². The van der Waals surface area contributed by atoms with E-state index in [1.54, 1.807) is 4.68 Å². The van der Waals surface area contributed by atoms with Crippen molar-refractivity contribution >= 4 is 23.4 Å². The Bertz CT molecular complexity index is 1340. The highest BCUT2D eigenvalue weighted by atomic mass is 16.2. The Balaban J connectivity index is 1.13. The Morgan fingerprint density at radius 2 is 1.52 bits per heavy atom. The lowest BCUT2D eigenvalue weighted by Crippen LogP contribution is -2.39. The molecule has 7 heteroatoms. The number of aromatic nitrogens is 2. The van der Waals surface area contributed by atoms with Gasteiger partial charge >= 0.3 is 6.03 Å². The van der Waals surface area contributed by atoms with Crippen LogP contribution in [0.3, 0.4) is 0 Å². The summed E-state index contributed by atoms with van der Waals surface area (Å²) >= 11 is 0. The van der Waals surface area contributed by atoms with E-state index in [0.717, 1.165) is 55.8 Å². The lowest BCUT2D eigenvalue weighted by molar-refractivity contribution is -0.133. The second kappa shape index (κ2) is 13.1. The monoisotopic (exact) mass is 569 g/mol. The van der Waals surface area contributed by atoms with Crippen molar-refractivity contribution in [3.8, 4) is 5.69 Å². The minimum absolute atomic E-state index is 0.153. The average molecular weight is 570 g/mol. The first kappa shape index (κ1) is 29.9.